The summed E-state index contributed by atoms with van der Waals surface area (Å²) in [5, 5.41) is 11.5. The largest absolute Gasteiger partial charge is 0.377 e. The number of ether oxygens (including phenoxy) is 6. The number of hydrogen-bond acceptors (Lipinski definition) is 14. The Bertz CT molecular complexity index is 2250. The van der Waals surface area contributed by atoms with E-state index in [-0.39, 0.29) is 60.6 Å². The number of carbonyl (C=O) groups is 2. The summed E-state index contributed by atoms with van der Waals surface area (Å²) in [6.07, 6.45) is 6.55. The third-order valence-electron chi connectivity index (χ3n) is 13.7. The minimum atomic E-state index is -0.222. The molecule has 8 aliphatic rings. The van der Waals surface area contributed by atoms with Crippen LogP contribution in [0, 0.1) is 0 Å². The Morgan fingerprint density at radius 3 is 1.35 bits per heavy atom. The van der Waals surface area contributed by atoms with E-state index in [1.54, 1.807) is 0 Å². The number of fused-ring (bicyclic) bond motifs is 8. The number of aromatic nitrogens is 4. The van der Waals surface area contributed by atoms with Crippen molar-refractivity contribution in [1.82, 2.24) is 30.6 Å². The van der Waals surface area contributed by atoms with Crippen LogP contribution in [0.4, 0.5) is 32.6 Å². The third-order valence-corrected chi connectivity index (χ3v) is 13.7. The number of anilines is 4. The molecule has 18 heteroatoms. The summed E-state index contributed by atoms with van der Waals surface area (Å²) in [5.74, 6) is 3.40. The zero-order valence-corrected chi connectivity index (χ0v) is 37.5. The molecule has 6 saturated heterocycles. The van der Waals surface area contributed by atoms with Crippen LogP contribution in [-0.2, 0) is 41.3 Å². The maximum atomic E-state index is 12.1. The Morgan fingerprint density at radius 1 is 0.545 bits per heavy atom. The van der Waals surface area contributed by atoms with Gasteiger partial charge in [0.1, 0.15) is 11.6 Å². The van der Waals surface area contributed by atoms with E-state index < -0.39 is 0 Å². The molecular formula is C48H58N10O8. The number of morpholine rings is 2. The van der Waals surface area contributed by atoms with Crippen molar-refractivity contribution < 1.29 is 38.0 Å². The number of hydrogen-bond donors (Lipinski definition) is 4. The summed E-state index contributed by atoms with van der Waals surface area (Å²) in [7, 11) is 0. The molecular weight excluding hydrogens is 845 g/mol. The zero-order valence-electron chi connectivity index (χ0n) is 37.5. The number of amides is 4. The van der Waals surface area contributed by atoms with Crippen LogP contribution in [0.2, 0.25) is 0 Å². The standard InChI is InChI=1S/2C24H29N5O4/c2*1-14-11-31-9-8-29(14)23-21-19(10-18-6-7-20(21)33-18)27-22(28-23)15-2-4-16(5-3-15)25-24(30)26-17-12-32-13-17/h2*2-5,14,17-18,20H,6-13H2,1H3,(H2,25,26,30)/t14-,18+,20-;14-,18-,20+/m00/s1. The van der Waals surface area contributed by atoms with Gasteiger partial charge in [0.05, 0.1) is 113 Å². The third kappa shape index (κ3) is 9.01. The van der Waals surface area contributed by atoms with Crippen LogP contribution in [0.15, 0.2) is 48.5 Å². The van der Waals surface area contributed by atoms with Crippen molar-refractivity contribution in [3.63, 3.8) is 0 Å². The molecule has 0 aliphatic carbocycles. The second-order valence-corrected chi connectivity index (χ2v) is 18.6. The summed E-state index contributed by atoms with van der Waals surface area (Å²) in [4.78, 5) is 49.0. The number of nitrogens with one attached hydrogen (secondary N) is 4. The molecule has 8 aliphatic heterocycles. The van der Waals surface area contributed by atoms with Gasteiger partial charge in [-0.3, -0.25) is 0 Å². The maximum Gasteiger partial charge on any atom is 0.319 e. The Morgan fingerprint density at radius 2 is 0.970 bits per heavy atom. The lowest BCUT2D eigenvalue weighted by molar-refractivity contribution is 0.000733. The molecule has 4 bridgehead atoms. The zero-order chi connectivity index (χ0) is 44.7. The number of nitrogens with zero attached hydrogens (tertiary/aromatic N) is 6. The lowest BCUT2D eigenvalue weighted by Gasteiger charge is -2.37. The van der Waals surface area contributed by atoms with Crippen LogP contribution in [0.1, 0.15) is 74.3 Å². The molecule has 6 atom stereocenters. The molecule has 0 saturated carbocycles. The first-order valence-electron chi connectivity index (χ1n) is 23.6. The van der Waals surface area contributed by atoms with E-state index in [2.05, 4.69) is 44.9 Å². The Balaban J connectivity index is 0.000000146. The second kappa shape index (κ2) is 18.6. The average molecular weight is 903 g/mol. The summed E-state index contributed by atoms with van der Waals surface area (Å²) in [5.41, 5.74) is 7.85. The number of urea groups is 2. The Hall–Kier alpha value is -5.50. The molecule has 0 unspecified atom stereocenters. The Labute approximate surface area is 383 Å². The van der Waals surface area contributed by atoms with Gasteiger partial charge in [-0.2, -0.15) is 0 Å². The van der Waals surface area contributed by atoms with Gasteiger partial charge in [0.15, 0.2) is 11.6 Å². The number of benzene rings is 2. The molecule has 12 rings (SSSR count). The van der Waals surface area contributed by atoms with E-state index in [0.29, 0.717) is 64.5 Å². The molecule has 4 aromatic rings. The van der Waals surface area contributed by atoms with Crippen molar-refractivity contribution >= 4 is 35.1 Å². The highest BCUT2D eigenvalue weighted by Crippen LogP contribution is 2.47. The van der Waals surface area contributed by atoms with Gasteiger partial charge in [-0.25, -0.2) is 29.5 Å². The highest BCUT2D eigenvalue weighted by molar-refractivity contribution is 5.90. The monoisotopic (exact) mass is 902 g/mol. The average Bonchev–Trinajstić information content (AvgIpc) is 3.88. The first-order chi connectivity index (χ1) is 32.3. The molecule has 0 spiro atoms. The lowest BCUT2D eigenvalue weighted by atomic mass is 10.0. The highest BCUT2D eigenvalue weighted by Gasteiger charge is 2.41. The number of carbonyl (C=O) groups excluding carboxylic acids is 2. The number of rotatable bonds is 8. The van der Waals surface area contributed by atoms with Crippen molar-refractivity contribution in [2.45, 2.75) is 101 Å². The van der Waals surface area contributed by atoms with Crippen molar-refractivity contribution in [1.29, 1.82) is 0 Å². The topological polar surface area (TPSA) is 196 Å². The molecule has 0 radical (unpaired) electrons. The molecule has 2 aromatic carbocycles. The van der Waals surface area contributed by atoms with E-state index in [1.807, 2.05) is 48.5 Å². The highest BCUT2D eigenvalue weighted by atomic mass is 16.5. The fraction of sp³-hybridized carbons (Fsp3) is 0.542. The molecule has 4 N–H and O–H groups in total. The fourth-order valence-corrected chi connectivity index (χ4v) is 10.1. The minimum absolute atomic E-state index is 0.0870. The van der Waals surface area contributed by atoms with Crippen molar-refractivity contribution in [3.8, 4) is 22.8 Å². The molecule has 2 aromatic heterocycles. The van der Waals surface area contributed by atoms with Crippen LogP contribution >= 0.6 is 0 Å². The lowest BCUT2D eigenvalue weighted by Crippen LogP contribution is -2.49. The molecule has 348 valence electrons. The molecule has 10 heterocycles. The summed E-state index contributed by atoms with van der Waals surface area (Å²) in [6, 6.07) is 15.6. The van der Waals surface area contributed by atoms with Crippen LogP contribution in [0.3, 0.4) is 0 Å². The van der Waals surface area contributed by atoms with Crippen molar-refractivity contribution in [3.05, 3.63) is 71.0 Å². The molecule has 6 fully saturated rings. The SMILES string of the molecule is C[C@H]1COCCN1c1nc(-c2ccc(NC(=O)NC3COC3)cc2)nc2c1[C@@H]1CC[C@H](C2)O1.C[C@H]1COCCN1c1nc(-c2ccc(NC(=O)NC3COC3)cc2)nc2c1[C@H]1CC[C@@H](C2)O1. The molecule has 18 nitrogen and oxygen atoms in total. The van der Waals surface area contributed by atoms with Crippen LogP contribution in [0.25, 0.3) is 22.8 Å². The molecule has 4 amide bonds. The second-order valence-electron chi connectivity index (χ2n) is 18.6. The van der Waals surface area contributed by atoms with Crippen LogP contribution in [0.5, 0.6) is 0 Å². The van der Waals surface area contributed by atoms with Crippen molar-refractivity contribution in [2.75, 3.05) is 86.4 Å². The van der Waals surface area contributed by atoms with Gasteiger partial charge < -0.3 is 59.5 Å². The predicted octanol–water partition coefficient (Wildman–Crippen LogP) is 5.33. The molecule has 66 heavy (non-hydrogen) atoms. The van der Waals surface area contributed by atoms with Gasteiger partial charge in [-0.15, -0.1) is 0 Å². The minimum Gasteiger partial charge on any atom is -0.377 e. The van der Waals surface area contributed by atoms with Crippen LogP contribution < -0.4 is 31.1 Å². The van der Waals surface area contributed by atoms with Crippen LogP contribution in [-0.4, -0.2) is 134 Å². The maximum absolute atomic E-state index is 12.1. The summed E-state index contributed by atoms with van der Waals surface area (Å²) >= 11 is 0. The van der Waals surface area contributed by atoms with E-state index in [9.17, 15) is 9.59 Å². The van der Waals surface area contributed by atoms with E-state index in [0.717, 1.165) is 108 Å². The van der Waals surface area contributed by atoms with Gasteiger partial charge in [-0.1, -0.05) is 0 Å². The van der Waals surface area contributed by atoms with Gasteiger partial charge in [0.25, 0.3) is 0 Å². The first kappa shape index (κ1) is 43.1. The summed E-state index contributed by atoms with van der Waals surface area (Å²) < 4.78 is 34.0. The van der Waals surface area contributed by atoms with E-state index in [1.165, 1.54) is 0 Å². The fourth-order valence-electron chi connectivity index (χ4n) is 10.1. The van der Waals surface area contributed by atoms with E-state index in [4.69, 9.17) is 48.4 Å². The van der Waals surface area contributed by atoms with Gasteiger partial charge in [0.2, 0.25) is 0 Å². The van der Waals surface area contributed by atoms with Gasteiger partial charge in [-0.05, 0) is 88.1 Å². The van der Waals surface area contributed by atoms with Gasteiger partial charge in [0, 0.05) is 59.6 Å². The van der Waals surface area contributed by atoms with E-state index >= 15 is 0 Å². The summed E-state index contributed by atoms with van der Waals surface area (Å²) in [6.45, 7) is 11.0. The predicted molar refractivity (Wildman–Crippen MR) is 245 cm³/mol. The Kier molecular flexibility index (Phi) is 12.2. The van der Waals surface area contributed by atoms with Gasteiger partial charge >= 0.3 is 12.1 Å². The quantitative estimate of drug-likeness (QED) is 0.177. The smallest absolute Gasteiger partial charge is 0.319 e. The normalized spacial score (nSPS) is 26.5. The van der Waals surface area contributed by atoms with Crippen molar-refractivity contribution in [2.24, 2.45) is 0 Å². The first-order valence-corrected chi connectivity index (χ1v) is 23.6.